The van der Waals surface area contributed by atoms with Crippen molar-refractivity contribution in [3.8, 4) is 0 Å². The molecule has 1 aromatic carbocycles. The number of nitrogens with one attached hydrogen (secondary N) is 1. The van der Waals surface area contributed by atoms with E-state index in [2.05, 4.69) is 26.2 Å². The van der Waals surface area contributed by atoms with Gasteiger partial charge in [-0.3, -0.25) is 14.4 Å². The van der Waals surface area contributed by atoms with Gasteiger partial charge in [0.2, 0.25) is 0 Å². The van der Waals surface area contributed by atoms with Crippen molar-refractivity contribution in [1.29, 1.82) is 0 Å². The van der Waals surface area contributed by atoms with Crippen molar-refractivity contribution >= 4 is 33.4 Å². The van der Waals surface area contributed by atoms with Gasteiger partial charge < -0.3 is 5.32 Å². The fourth-order valence-electron chi connectivity index (χ4n) is 3.44. The Kier molecular flexibility index (Phi) is 7.63. The van der Waals surface area contributed by atoms with Crippen molar-refractivity contribution in [3.63, 3.8) is 0 Å². The lowest BCUT2D eigenvalue weighted by molar-refractivity contribution is -0.123. The van der Waals surface area contributed by atoms with Gasteiger partial charge >= 0.3 is 0 Å². The van der Waals surface area contributed by atoms with E-state index in [0.29, 0.717) is 25.1 Å². The van der Waals surface area contributed by atoms with E-state index in [-0.39, 0.29) is 17.5 Å². The van der Waals surface area contributed by atoms with E-state index < -0.39 is 5.92 Å². The highest BCUT2D eigenvalue weighted by Gasteiger charge is 2.35. The highest BCUT2D eigenvalue weighted by atomic mass is 79.9. The average Bonchev–Trinajstić information content (AvgIpc) is 2.95. The summed E-state index contributed by atoms with van der Waals surface area (Å²) in [5.74, 6) is -0.453. The third kappa shape index (κ3) is 5.35. The van der Waals surface area contributed by atoms with Gasteiger partial charge in [-0.15, -0.1) is 0 Å². The van der Waals surface area contributed by atoms with E-state index >= 15 is 0 Å². The Hall–Kier alpha value is -2.34. The third-order valence-electron chi connectivity index (χ3n) is 4.59. The van der Waals surface area contributed by atoms with Gasteiger partial charge in [0, 0.05) is 30.1 Å². The summed E-state index contributed by atoms with van der Waals surface area (Å²) in [4.78, 5) is 38.6. The van der Waals surface area contributed by atoms with Crippen molar-refractivity contribution in [2.24, 2.45) is 0 Å². The van der Waals surface area contributed by atoms with Gasteiger partial charge in [0.15, 0.2) is 0 Å². The van der Waals surface area contributed by atoms with Crippen LogP contribution in [0.25, 0.3) is 0 Å². The second-order valence-electron chi connectivity index (χ2n) is 6.90. The lowest BCUT2D eigenvalue weighted by Gasteiger charge is -2.15. The summed E-state index contributed by atoms with van der Waals surface area (Å²) in [6, 6.07) is 7.55. The van der Waals surface area contributed by atoms with Crippen LogP contribution in [0.15, 0.2) is 34.9 Å². The molecule has 0 aliphatic heterocycles. The molecule has 5 nitrogen and oxygen atoms in total. The van der Waals surface area contributed by atoms with E-state index in [1.54, 1.807) is 18.3 Å². The maximum atomic E-state index is 11.8. The molecule has 1 aliphatic carbocycles. The topological polar surface area (TPSA) is 76.1 Å². The SMILES string of the molecule is CCNC(=O)c1ccc(Br)cn1.Cc1cc(C)c(C2C(=O)CCC2=O)c(C)c1. The zero-order chi connectivity index (χ0) is 20.8. The van der Waals surface area contributed by atoms with Gasteiger partial charge in [-0.05, 0) is 72.4 Å². The molecule has 2 aromatic rings. The molecule has 0 unspecified atom stereocenters. The first-order valence-electron chi connectivity index (χ1n) is 9.27. The minimum absolute atomic E-state index is 0.0834. The Morgan fingerprint density at radius 2 is 1.68 bits per heavy atom. The van der Waals surface area contributed by atoms with Crippen molar-refractivity contribution in [2.45, 2.75) is 46.5 Å². The first-order valence-corrected chi connectivity index (χ1v) is 10.1. The largest absolute Gasteiger partial charge is 0.351 e. The monoisotopic (exact) mass is 444 g/mol. The lowest BCUT2D eigenvalue weighted by atomic mass is 9.87. The average molecular weight is 445 g/mol. The van der Waals surface area contributed by atoms with Gasteiger partial charge in [-0.25, -0.2) is 4.98 Å². The summed E-state index contributed by atoms with van der Waals surface area (Å²) in [6.07, 6.45) is 2.43. The zero-order valence-corrected chi connectivity index (χ0v) is 18.2. The number of ketones is 2. The Labute approximate surface area is 174 Å². The van der Waals surface area contributed by atoms with Crippen molar-refractivity contribution in [2.75, 3.05) is 6.54 Å². The molecule has 0 atom stereocenters. The fourth-order valence-corrected chi connectivity index (χ4v) is 3.68. The standard InChI is InChI=1S/C14H16O2.C8H9BrN2O/c1-8-6-9(2)13(10(3)7-8)14-11(15)4-5-12(14)16;1-2-10-8(12)7-4-3-6(9)5-11-7/h6-7,14H,4-5H2,1-3H3;3-5H,2H2,1H3,(H,10,12). The molecule has 0 saturated heterocycles. The highest BCUT2D eigenvalue weighted by molar-refractivity contribution is 9.10. The molecule has 28 heavy (non-hydrogen) atoms. The fraction of sp³-hybridized carbons (Fsp3) is 0.364. The molecular formula is C22H25BrN2O3. The number of carbonyl (C=O) groups is 3. The summed E-state index contributed by atoms with van der Waals surface area (Å²) in [7, 11) is 0. The predicted octanol–water partition coefficient (Wildman–Crippen LogP) is 4.22. The molecule has 1 amide bonds. The number of aryl methyl sites for hydroxylation is 3. The number of hydrogen-bond acceptors (Lipinski definition) is 4. The van der Waals surface area contributed by atoms with E-state index in [1.807, 2.05) is 39.8 Å². The van der Waals surface area contributed by atoms with Crippen LogP contribution >= 0.6 is 15.9 Å². The number of nitrogens with zero attached hydrogens (tertiary/aromatic N) is 1. The third-order valence-corrected chi connectivity index (χ3v) is 5.05. The van der Waals surface area contributed by atoms with Crippen molar-refractivity contribution in [1.82, 2.24) is 10.3 Å². The van der Waals surface area contributed by atoms with Crippen LogP contribution in [0.5, 0.6) is 0 Å². The van der Waals surface area contributed by atoms with E-state index in [1.165, 1.54) is 5.56 Å². The molecule has 1 saturated carbocycles. The summed E-state index contributed by atoms with van der Waals surface area (Å²) >= 11 is 3.24. The minimum Gasteiger partial charge on any atom is -0.351 e. The number of benzene rings is 1. The lowest BCUT2D eigenvalue weighted by Crippen LogP contribution is -2.23. The van der Waals surface area contributed by atoms with Crippen LogP contribution in [0, 0.1) is 20.8 Å². The first kappa shape index (κ1) is 22.0. The van der Waals surface area contributed by atoms with E-state index in [0.717, 1.165) is 21.2 Å². The second kappa shape index (κ2) is 9.73. The Morgan fingerprint density at radius 1 is 1.11 bits per heavy atom. The molecule has 1 heterocycles. The highest BCUT2D eigenvalue weighted by Crippen LogP contribution is 2.33. The predicted molar refractivity (Wildman–Crippen MR) is 113 cm³/mol. The smallest absolute Gasteiger partial charge is 0.269 e. The number of carbonyl (C=O) groups excluding carboxylic acids is 3. The Balaban J connectivity index is 0.000000209. The van der Waals surface area contributed by atoms with E-state index in [4.69, 9.17) is 0 Å². The van der Waals surface area contributed by atoms with Crippen LogP contribution in [0.3, 0.4) is 0 Å². The molecule has 6 heteroatoms. The van der Waals surface area contributed by atoms with Gasteiger partial charge in [0.1, 0.15) is 23.2 Å². The van der Waals surface area contributed by atoms with Crippen LogP contribution in [0.4, 0.5) is 0 Å². The molecule has 1 aliphatic rings. The molecule has 1 aromatic heterocycles. The summed E-state index contributed by atoms with van der Waals surface area (Å²) in [5.41, 5.74) is 4.69. The maximum absolute atomic E-state index is 11.8. The number of amides is 1. The number of pyridine rings is 1. The second-order valence-corrected chi connectivity index (χ2v) is 7.81. The molecule has 148 valence electrons. The van der Waals surface area contributed by atoms with Crippen LogP contribution in [-0.2, 0) is 9.59 Å². The van der Waals surface area contributed by atoms with E-state index in [9.17, 15) is 14.4 Å². The number of halogens is 1. The first-order chi connectivity index (χ1) is 13.2. The normalized spacial score (nSPS) is 13.9. The van der Waals surface area contributed by atoms with Crippen LogP contribution in [0.1, 0.15) is 58.4 Å². The molecule has 1 N–H and O–H groups in total. The molecule has 0 radical (unpaired) electrons. The number of Topliss-reactive ketones (excluding diaryl/α,β-unsaturated/α-hetero) is 2. The van der Waals surface area contributed by atoms with Crippen molar-refractivity contribution in [3.05, 3.63) is 62.9 Å². The van der Waals surface area contributed by atoms with Crippen LogP contribution < -0.4 is 5.32 Å². The number of rotatable bonds is 3. The summed E-state index contributed by atoms with van der Waals surface area (Å²) in [5, 5.41) is 2.66. The molecule has 0 bridgehead atoms. The quantitative estimate of drug-likeness (QED) is 0.718. The van der Waals surface area contributed by atoms with Gasteiger partial charge in [0.25, 0.3) is 5.91 Å². The van der Waals surface area contributed by atoms with Gasteiger partial charge in [-0.1, -0.05) is 17.7 Å². The van der Waals surface area contributed by atoms with Crippen molar-refractivity contribution < 1.29 is 14.4 Å². The Morgan fingerprint density at radius 3 is 2.14 bits per heavy atom. The Bertz CT molecular complexity index is 852. The number of hydrogen-bond donors (Lipinski definition) is 1. The maximum Gasteiger partial charge on any atom is 0.269 e. The molecule has 0 spiro atoms. The molecular weight excluding hydrogens is 420 g/mol. The zero-order valence-electron chi connectivity index (χ0n) is 16.6. The number of aromatic nitrogens is 1. The molecule has 3 rings (SSSR count). The van der Waals surface area contributed by atoms with Crippen LogP contribution in [-0.4, -0.2) is 29.0 Å². The molecule has 1 fully saturated rings. The van der Waals surface area contributed by atoms with Gasteiger partial charge in [0.05, 0.1) is 0 Å². The summed E-state index contributed by atoms with van der Waals surface area (Å²) < 4.78 is 0.871. The van der Waals surface area contributed by atoms with Gasteiger partial charge in [-0.2, -0.15) is 0 Å². The minimum atomic E-state index is -0.486. The van der Waals surface area contributed by atoms with Crippen LogP contribution in [0.2, 0.25) is 0 Å². The summed E-state index contributed by atoms with van der Waals surface area (Å²) in [6.45, 7) is 8.48.